The number of likely N-dealkylation sites (N-methyl/N-ethyl adjacent to an activating group) is 1. The lowest BCUT2D eigenvalue weighted by Gasteiger charge is -2.30. The van der Waals surface area contributed by atoms with Crippen LogP contribution in [0.15, 0.2) is 29.4 Å². The lowest BCUT2D eigenvalue weighted by molar-refractivity contribution is -0.129. The third kappa shape index (κ3) is 4.08. The number of aromatic nitrogens is 3. The number of fused-ring (bicyclic) bond motifs is 1. The van der Waals surface area contributed by atoms with Gasteiger partial charge in [0.1, 0.15) is 12.4 Å². The molecule has 0 spiro atoms. The van der Waals surface area contributed by atoms with Crippen LogP contribution in [0.4, 0.5) is 0 Å². The van der Waals surface area contributed by atoms with Crippen LogP contribution in [-0.2, 0) is 4.79 Å². The summed E-state index contributed by atoms with van der Waals surface area (Å²) >= 11 is 1.51. The van der Waals surface area contributed by atoms with Crippen molar-refractivity contribution in [2.24, 2.45) is 0 Å². The van der Waals surface area contributed by atoms with Gasteiger partial charge in [0, 0.05) is 18.5 Å². The van der Waals surface area contributed by atoms with Crippen molar-refractivity contribution in [2.45, 2.75) is 55.8 Å². The molecular weight excluding hydrogens is 388 g/mol. The van der Waals surface area contributed by atoms with Crippen molar-refractivity contribution in [3.63, 3.8) is 0 Å². The topological polar surface area (TPSA) is 69.5 Å². The van der Waals surface area contributed by atoms with Gasteiger partial charge in [-0.15, -0.1) is 10.2 Å². The fraction of sp³-hybridized carbons (Fsp3) is 0.571. The summed E-state index contributed by atoms with van der Waals surface area (Å²) < 4.78 is 14.1. The second-order valence-corrected chi connectivity index (χ2v) is 8.88. The van der Waals surface area contributed by atoms with Gasteiger partial charge in [0.2, 0.25) is 5.91 Å². The number of rotatable bonds is 8. The second kappa shape index (κ2) is 7.89. The minimum Gasteiger partial charge on any atom is -0.486 e. The molecule has 154 valence electrons. The number of benzene rings is 1. The monoisotopic (exact) mass is 414 g/mol. The van der Waals surface area contributed by atoms with Gasteiger partial charge in [-0.3, -0.25) is 4.79 Å². The molecule has 2 heterocycles. The van der Waals surface area contributed by atoms with E-state index in [1.807, 2.05) is 36.1 Å². The zero-order chi connectivity index (χ0) is 19.8. The Kier molecular flexibility index (Phi) is 5.11. The summed E-state index contributed by atoms with van der Waals surface area (Å²) in [5.74, 6) is 3.67. The van der Waals surface area contributed by atoms with Crippen LogP contribution >= 0.6 is 11.8 Å². The fourth-order valence-corrected chi connectivity index (χ4v) is 4.62. The summed E-state index contributed by atoms with van der Waals surface area (Å²) in [5, 5.41) is 9.72. The van der Waals surface area contributed by atoms with Crippen LogP contribution in [0.2, 0.25) is 0 Å². The molecule has 1 aliphatic heterocycles. The molecule has 2 saturated carbocycles. The average molecular weight is 415 g/mol. The van der Waals surface area contributed by atoms with E-state index in [1.54, 1.807) is 0 Å². The quantitative estimate of drug-likeness (QED) is 0.618. The van der Waals surface area contributed by atoms with E-state index in [4.69, 9.17) is 9.47 Å². The molecular formula is C21H26N4O3S. The molecule has 0 unspecified atom stereocenters. The number of thioether (sulfide) groups is 1. The van der Waals surface area contributed by atoms with Crippen molar-refractivity contribution in [1.29, 1.82) is 0 Å². The van der Waals surface area contributed by atoms with Crippen LogP contribution in [0, 0.1) is 0 Å². The van der Waals surface area contributed by atoms with E-state index in [-0.39, 0.29) is 12.0 Å². The maximum Gasteiger partial charge on any atom is 0.233 e. The van der Waals surface area contributed by atoms with Crippen LogP contribution in [0.3, 0.4) is 0 Å². The smallest absolute Gasteiger partial charge is 0.233 e. The van der Waals surface area contributed by atoms with E-state index in [1.165, 1.54) is 37.4 Å². The van der Waals surface area contributed by atoms with Gasteiger partial charge in [0.25, 0.3) is 0 Å². The fourth-order valence-electron chi connectivity index (χ4n) is 3.71. The molecule has 2 aromatic rings. The first-order valence-corrected chi connectivity index (χ1v) is 11.5. The normalized spacial score (nSPS) is 20.5. The van der Waals surface area contributed by atoms with E-state index >= 15 is 0 Å². The van der Waals surface area contributed by atoms with Crippen molar-refractivity contribution >= 4 is 17.7 Å². The number of hydrogen-bond acceptors (Lipinski definition) is 6. The van der Waals surface area contributed by atoms with E-state index in [0.717, 1.165) is 22.5 Å². The Morgan fingerprint density at radius 1 is 1.21 bits per heavy atom. The minimum atomic E-state index is -0.157. The first-order valence-electron chi connectivity index (χ1n) is 10.5. The van der Waals surface area contributed by atoms with Crippen molar-refractivity contribution in [3.05, 3.63) is 30.1 Å². The standard InChI is InChI=1S/C21H26N4O3S/c1-2-24(11-16-12-27-17-5-3-4-6-18(17)28-16)19(26)13-29-21-23-22-20(14-7-8-14)25(21)15-9-10-15/h3-6,14-16H,2,7-13H2,1H3/t16-/m1/s1. The van der Waals surface area contributed by atoms with Crippen LogP contribution in [-0.4, -0.2) is 57.1 Å². The molecule has 1 aromatic carbocycles. The molecule has 1 atom stereocenters. The first kappa shape index (κ1) is 18.8. The Bertz CT molecular complexity index is 894. The Morgan fingerprint density at radius 3 is 2.72 bits per heavy atom. The number of ether oxygens (including phenoxy) is 2. The zero-order valence-corrected chi connectivity index (χ0v) is 17.4. The molecule has 2 aliphatic carbocycles. The maximum atomic E-state index is 12.9. The summed E-state index contributed by atoms with van der Waals surface area (Å²) in [6, 6.07) is 8.19. The molecule has 2 fully saturated rings. The van der Waals surface area contributed by atoms with Gasteiger partial charge in [-0.1, -0.05) is 23.9 Å². The lowest BCUT2D eigenvalue weighted by atomic mass is 10.2. The summed E-state index contributed by atoms with van der Waals surface area (Å²) in [7, 11) is 0. The molecule has 8 heteroatoms. The molecule has 1 aromatic heterocycles. The van der Waals surface area contributed by atoms with Crippen LogP contribution in [0.25, 0.3) is 0 Å². The number of para-hydroxylation sites is 2. The predicted octanol–water partition coefficient (Wildman–Crippen LogP) is 3.27. The van der Waals surface area contributed by atoms with Gasteiger partial charge in [-0.25, -0.2) is 0 Å². The molecule has 3 aliphatic rings. The molecule has 0 bridgehead atoms. The highest BCUT2D eigenvalue weighted by Gasteiger charge is 2.36. The Hall–Kier alpha value is -2.22. The van der Waals surface area contributed by atoms with E-state index in [0.29, 0.717) is 37.4 Å². The van der Waals surface area contributed by atoms with Gasteiger partial charge in [0.15, 0.2) is 22.8 Å². The number of carbonyl (C=O) groups is 1. The Balaban J connectivity index is 1.19. The summed E-state index contributed by atoms with van der Waals surface area (Å²) in [6.45, 7) is 3.61. The van der Waals surface area contributed by atoms with E-state index in [2.05, 4.69) is 14.8 Å². The van der Waals surface area contributed by atoms with Crippen LogP contribution in [0.5, 0.6) is 11.5 Å². The van der Waals surface area contributed by atoms with E-state index < -0.39 is 0 Å². The highest BCUT2D eigenvalue weighted by Crippen LogP contribution is 2.46. The van der Waals surface area contributed by atoms with Crippen molar-refractivity contribution < 1.29 is 14.3 Å². The largest absolute Gasteiger partial charge is 0.486 e. The maximum absolute atomic E-state index is 12.9. The molecule has 5 rings (SSSR count). The molecule has 0 saturated heterocycles. The Morgan fingerprint density at radius 2 is 2.00 bits per heavy atom. The van der Waals surface area contributed by atoms with Crippen molar-refractivity contribution in [2.75, 3.05) is 25.4 Å². The molecule has 7 nitrogen and oxygen atoms in total. The highest BCUT2D eigenvalue weighted by molar-refractivity contribution is 7.99. The number of carbonyl (C=O) groups excluding carboxylic acids is 1. The number of nitrogens with zero attached hydrogens (tertiary/aromatic N) is 4. The van der Waals surface area contributed by atoms with Crippen molar-refractivity contribution in [3.8, 4) is 11.5 Å². The molecule has 0 N–H and O–H groups in total. The van der Waals surface area contributed by atoms with Gasteiger partial charge in [-0.2, -0.15) is 0 Å². The Labute approximate surface area is 174 Å². The summed E-state index contributed by atoms with van der Waals surface area (Å²) in [4.78, 5) is 14.7. The summed E-state index contributed by atoms with van der Waals surface area (Å²) in [6.07, 6.45) is 4.66. The van der Waals surface area contributed by atoms with Gasteiger partial charge >= 0.3 is 0 Å². The lowest BCUT2D eigenvalue weighted by Crippen LogP contribution is -2.44. The van der Waals surface area contributed by atoms with Gasteiger partial charge < -0.3 is 18.9 Å². The van der Waals surface area contributed by atoms with Crippen LogP contribution < -0.4 is 9.47 Å². The third-order valence-electron chi connectivity index (χ3n) is 5.60. The van der Waals surface area contributed by atoms with E-state index in [9.17, 15) is 4.79 Å². The number of amides is 1. The first-order chi connectivity index (χ1) is 14.2. The minimum absolute atomic E-state index is 0.0956. The highest BCUT2D eigenvalue weighted by atomic mass is 32.2. The zero-order valence-electron chi connectivity index (χ0n) is 16.6. The van der Waals surface area contributed by atoms with Gasteiger partial charge in [0.05, 0.1) is 12.3 Å². The second-order valence-electron chi connectivity index (χ2n) is 7.93. The predicted molar refractivity (Wildman–Crippen MR) is 110 cm³/mol. The third-order valence-corrected chi connectivity index (χ3v) is 6.52. The summed E-state index contributed by atoms with van der Waals surface area (Å²) in [5.41, 5.74) is 0. The van der Waals surface area contributed by atoms with Crippen molar-refractivity contribution in [1.82, 2.24) is 19.7 Å². The van der Waals surface area contributed by atoms with Gasteiger partial charge in [-0.05, 0) is 44.7 Å². The number of hydrogen-bond donors (Lipinski definition) is 0. The average Bonchev–Trinajstić information content (AvgIpc) is 3.68. The van der Waals surface area contributed by atoms with Crippen LogP contribution in [0.1, 0.15) is 50.4 Å². The molecule has 29 heavy (non-hydrogen) atoms. The molecule has 0 radical (unpaired) electrons. The SMILES string of the molecule is CCN(C[C@@H]1COc2ccccc2O1)C(=O)CSc1nnc(C2CC2)n1C1CC1. The molecule has 1 amide bonds.